The molecule has 1 aromatic heterocycles. The molecule has 0 bridgehead atoms. The van der Waals surface area contributed by atoms with Crippen LogP contribution in [0.1, 0.15) is 57.7 Å². The molecule has 0 fully saturated rings. The molecule has 0 atom stereocenters. The minimum Gasteiger partial charge on any atom is -0.369 e. The van der Waals surface area contributed by atoms with Gasteiger partial charge in [-0.15, -0.1) is 0 Å². The van der Waals surface area contributed by atoms with Crippen LogP contribution in [0.5, 0.6) is 0 Å². The average Bonchev–Trinajstić information content (AvgIpc) is 2.62. The molecule has 0 spiro atoms. The third-order valence-corrected chi connectivity index (χ3v) is 4.07. The van der Waals surface area contributed by atoms with Crippen molar-refractivity contribution >= 4 is 5.82 Å². The van der Waals surface area contributed by atoms with Crippen molar-refractivity contribution in [3.05, 3.63) is 17.6 Å². The molecule has 0 aliphatic heterocycles. The molecule has 3 heteroatoms. The van der Waals surface area contributed by atoms with Gasteiger partial charge in [0.1, 0.15) is 12.1 Å². The van der Waals surface area contributed by atoms with Crippen molar-refractivity contribution in [3.63, 3.8) is 0 Å². The average molecular weight is 247 g/mol. The minimum absolute atomic E-state index is 0.322. The van der Waals surface area contributed by atoms with Crippen LogP contribution in [0.25, 0.3) is 0 Å². The Morgan fingerprint density at radius 3 is 2.72 bits per heavy atom. The summed E-state index contributed by atoms with van der Waals surface area (Å²) < 4.78 is 0. The summed E-state index contributed by atoms with van der Waals surface area (Å²) in [5.74, 6) is 1.07. The molecule has 0 unspecified atom stereocenters. The van der Waals surface area contributed by atoms with Crippen LogP contribution in [0.4, 0.5) is 5.82 Å². The Bertz CT molecular complexity index is 399. The number of nitrogens with zero attached hydrogens (tertiary/aromatic N) is 2. The number of aromatic nitrogens is 2. The third kappa shape index (κ3) is 3.21. The van der Waals surface area contributed by atoms with E-state index in [1.165, 1.54) is 36.9 Å². The molecule has 0 saturated heterocycles. The largest absolute Gasteiger partial charge is 0.369 e. The lowest BCUT2D eigenvalue weighted by Gasteiger charge is -2.24. The van der Waals surface area contributed by atoms with Gasteiger partial charge in [0, 0.05) is 17.8 Å². The summed E-state index contributed by atoms with van der Waals surface area (Å²) in [6, 6.07) is 0. The Labute approximate surface area is 110 Å². The van der Waals surface area contributed by atoms with E-state index in [-0.39, 0.29) is 0 Å². The molecule has 0 amide bonds. The Morgan fingerprint density at radius 1 is 1.17 bits per heavy atom. The summed E-state index contributed by atoms with van der Waals surface area (Å²) in [5, 5.41) is 3.54. The minimum atomic E-state index is 0.322. The fourth-order valence-electron chi connectivity index (χ4n) is 2.30. The molecule has 1 heterocycles. The van der Waals surface area contributed by atoms with E-state index in [0.29, 0.717) is 5.41 Å². The van der Waals surface area contributed by atoms with Crippen LogP contribution in [0.2, 0.25) is 0 Å². The topological polar surface area (TPSA) is 37.8 Å². The lowest BCUT2D eigenvalue weighted by Crippen LogP contribution is -2.23. The number of aryl methyl sites for hydroxylation is 1. The fraction of sp³-hybridized carbons (Fsp3) is 0.733. The maximum atomic E-state index is 4.45. The predicted molar refractivity (Wildman–Crippen MR) is 75.9 cm³/mol. The number of hydrogen-bond acceptors (Lipinski definition) is 3. The number of fused-ring (bicyclic) bond motifs is 1. The van der Waals surface area contributed by atoms with E-state index in [9.17, 15) is 0 Å². The number of hydrogen-bond donors (Lipinski definition) is 1. The maximum absolute atomic E-state index is 4.45. The van der Waals surface area contributed by atoms with E-state index in [2.05, 4.69) is 36.1 Å². The Balaban J connectivity index is 2.13. The summed E-state index contributed by atoms with van der Waals surface area (Å²) in [6.07, 6.45) is 8.99. The van der Waals surface area contributed by atoms with Gasteiger partial charge in [-0.1, -0.05) is 27.2 Å². The predicted octanol–water partition coefficient (Wildman–Crippen LogP) is 3.59. The number of rotatable bonds is 4. The van der Waals surface area contributed by atoms with E-state index in [1.807, 2.05) is 0 Å². The number of nitrogens with one attached hydrogen (secondary N) is 1. The van der Waals surface area contributed by atoms with Crippen molar-refractivity contribution in [2.75, 3.05) is 11.9 Å². The Hall–Kier alpha value is -1.12. The van der Waals surface area contributed by atoms with Crippen LogP contribution in [0.3, 0.4) is 0 Å². The van der Waals surface area contributed by atoms with Crippen LogP contribution in [0.15, 0.2) is 6.33 Å². The van der Waals surface area contributed by atoms with Crippen LogP contribution in [-0.4, -0.2) is 16.5 Å². The standard InChI is InChI=1S/C15H25N3/c1-4-15(2,3)10-16-14-12-8-6-5-7-9-13(12)17-11-18-14/h11H,4-10H2,1-3H3,(H,16,17,18). The molecule has 1 aromatic rings. The first kappa shape index (κ1) is 13.3. The molecule has 1 aliphatic carbocycles. The van der Waals surface area contributed by atoms with Crippen LogP contribution >= 0.6 is 0 Å². The van der Waals surface area contributed by atoms with E-state index >= 15 is 0 Å². The zero-order chi connectivity index (χ0) is 13.0. The maximum Gasteiger partial charge on any atom is 0.132 e. The molecule has 2 rings (SSSR count). The molecule has 100 valence electrons. The summed E-state index contributed by atoms with van der Waals surface area (Å²) in [5.41, 5.74) is 2.95. The molecule has 0 aromatic carbocycles. The Kier molecular flexibility index (Phi) is 4.20. The highest BCUT2D eigenvalue weighted by Gasteiger charge is 2.18. The van der Waals surface area contributed by atoms with E-state index in [4.69, 9.17) is 0 Å². The highest BCUT2D eigenvalue weighted by molar-refractivity contribution is 5.46. The van der Waals surface area contributed by atoms with E-state index in [0.717, 1.165) is 25.2 Å². The van der Waals surface area contributed by atoms with Crippen LogP contribution in [0, 0.1) is 5.41 Å². The SMILES string of the molecule is CCC(C)(C)CNc1ncnc2c1CCCCC2. The molecule has 1 N–H and O–H groups in total. The second-order valence-electron chi connectivity index (χ2n) is 6.08. The van der Waals surface area contributed by atoms with Crippen molar-refractivity contribution in [3.8, 4) is 0 Å². The van der Waals surface area contributed by atoms with E-state index < -0.39 is 0 Å². The number of anilines is 1. The van der Waals surface area contributed by atoms with Gasteiger partial charge in [-0.3, -0.25) is 0 Å². The lowest BCUT2D eigenvalue weighted by atomic mass is 9.90. The summed E-state index contributed by atoms with van der Waals surface area (Å²) in [6.45, 7) is 7.80. The van der Waals surface area contributed by atoms with Crippen molar-refractivity contribution in [2.24, 2.45) is 5.41 Å². The van der Waals surface area contributed by atoms with Crippen molar-refractivity contribution < 1.29 is 0 Å². The molecular formula is C15H25N3. The lowest BCUT2D eigenvalue weighted by molar-refractivity contribution is 0.376. The molecule has 0 saturated carbocycles. The monoisotopic (exact) mass is 247 g/mol. The van der Waals surface area contributed by atoms with Gasteiger partial charge in [-0.25, -0.2) is 9.97 Å². The fourth-order valence-corrected chi connectivity index (χ4v) is 2.30. The van der Waals surface area contributed by atoms with Gasteiger partial charge in [0.25, 0.3) is 0 Å². The van der Waals surface area contributed by atoms with Crippen LogP contribution in [-0.2, 0) is 12.8 Å². The molecule has 1 aliphatic rings. The first-order valence-corrected chi connectivity index (χ1v) is 7.19. The van der Waals surface area contributed by atoms with Crippen LogP contribution < -0.4 is 5.32 Å². The zero-order valence-electron chi connectivity index (χ0n) is 11.9. The summed E-state index contributed by atoms with van der Waals surface area (Å²) in [4.78, 5) is 8.90. The third-order valence-electron chi connectivity index (χ3n) is 4.07. The highest BCUT2D eigenvalue weighted by atomic mass is 15.0. The summed E-state index contributed by atoms with van der Waals surface area (Å²) >= 11 is 0. The second kappa shape index (κ2) is 5.68. The first-order valence-electron chi connectivity index (χ1n) is 7.19. The van der Waals surface area contributed by atoms with Gasteiger partial charge in [-0.2, -0.15) is 0 Å². The van der Waals surface area contributed by atoms with Gasteiger partial charge in [-0.05, 0) is 37.5 Å². The first-order chi connectivity index (χ1) is 8.62. The molecular weight excluding hydrogens is 222 g/mol. The van der Waals surface area contributed by atoms with Crippen molar-refractivity contribution in [1.29, 1.82) is 0 Å². The second-order valence-corrected chi connectivity index (χ2v) is 6.08. The van der Waals surface area contributed by atoms with Gasteiger partial charge >= 0.3 is 0 Å². The molecule has 0 radical (unpaired) electrons. The molecule has 3 nitrogen and oxygen atoms in total. The smallest absolute Gasteiger partial charge is 0.132 e. The van der Waals surface area contributed by atoms with Gasteiger partial charge in [0.05, 0.1) is 0 Å². The van der Waals surface area contributed by atoms with Gasteiger partial charge < -0.3 is 5.32 Å². The van der Waals surface area contributed by atoms with Crippen molar-refractivity contribution in [1.82, 2.24) is 9.97 Å². The van der Waals surface area contributed by atoms with E-state index in [1.54, 1.807) is 6.33 Å². The summed E-state index contributed by atoms with van der Waals surface area (Å²) in [7, 11) is 0. The van der Waals surface area contributed by atoms with Gasteiger partial charge in [0.2, 0.25) is 0 Å². The molecule has 18 heavy (non-hydrogen) atoms. The van der Waals surface area contributed by atoms with Crippen molar-refractivity contribution in [2.45, 2.75) is 59.3 Å². The normalized spacial score (nSPS) is 15.9. The van der Waals surface area contributed by atoms with Gasteiger partial charge in [0.15, 0.2) is 0 Å². The Morgan fingerprint density at radius 2 is 1.94 bits per heavy atom. The zero-order valence-corrected chi connectivity index (χ0v) is 11.9. The highest BCUT2D eigenvalue weighted by Crippen LogP contribution is 2.26. The quantitative estimate of drug-likeness (QED) is 0.826.